The number of hydrogen-bond acceptors (Lipinski definition) is 3. The van der Waals surface area contributed by atoms with E-state index in [-0.39, 0.29) is 0 Å². The smallest absolute Gasteiger partial charge is 0.0813 e. The molecule has 1 fully saturated rings. The van der Waals surface area contributed by atoms with Crippen LogP contribution in [0.3, 0.4) is 0 Å². The molecule has 0 amide bonds. The number of hydrogen-bond donors (Lipinski definition) is 1. The van der Waals surface area contributed by atoms with Crippen LogP contribution in [0.1, 0.15) is 24.6 Å². The van der Waals surface area contributed by atoms with Crippen LogP contribution in [-0.2, 0) is 11.3 Å². The number of nitrogens with one attached hydrogen (secondary N) is 1. The molecule has 14 heavy (non-hydrogen) atoms. The van der Waals surface area contributed by atoms with Gasteiger partial charge in [-0.2, -0.15) is 0 Å². The molecular weight excluding hydrogens is 194 g/mol. The van der Waals surface area contributed by atoms with Crippen LogP contribution >= 0.6 is 11.3 Å². The van der Waals surface area contributed by atoms with Crippen molar-refractivity contribution in [3.8, 4) is 0 Å². The standard InChI is InChI=1S/C11H17NOS/c1-2-12-9-6-10(7-9)13-8-11-4-3-5-14-11/h3-5,9-10,12H,2,6-8H2,1H3. The van der Waals surface area contributed by atoms with Crippen molar-refractivity contribution in [3.63, 3.8) is 0 Å². The fourth-order valence-corrected chi connectivity index (χ4v) is 2.38. The summed E-state index contributed by atoms with van der Waals surface area (Å²) in [5.74, 6) is 0. The molecule has 1 saturated carbocycles. The van der Waals surface area contributed by atoms with Gasteiger partial charge in [-0.1, -0.05) is 13.0 Å². The molecule has 0 atom stereocenters. The molecule has 0 bridgehead atoms. The second-order valence-electron chi connectivity index (χ2n) is 3.74. The fraction of sp³-hybridized carbons (Fsp3) is 0.636. The van der Waals surface area contributed by atoms with Gasteiger partial charge in [-0.15, -0.1) is 11.3 Å². The maximum atomic E-state index is 5.77. The number of ether oxygens (including phenoxy) is 1. The molecule has 1 N–H and O–H groups in total. The third kappa shape index (κ3) is 2.56. The minimum absolute atomic E-state index is 0.487. The Kier molecular flexibility index (Phi) is 3.56. The van der Waals surface area contributed by atoms with E-state index in [1.54, 1.807) is 11.3 Å². The van der Waals surface area contributed by atoms with Crippen molar-refractivity contribution in [2.45, 2.75) is 38.5 Å². The monoisotopic (exact) mass is 211 g/mol. The Hall–Kier alpha value is -0.380. The summed E-state index contributed by atoms with van der Waals surface area (Å²) in [6.45, 7) is 4.02. The molecule has 0 radical (unpaired) electrons. The van der Waals surface area contributed by atoms with Crippen LogP contribution in [0.25, 0.3) is 0 Å². The molecule has 0 spiro atoms. The average molecular weight is 211 g/mol. The van der Waals surface area contributed by atoms with Crippen molar-refractivity contribution in [1.82, 2.24) is 5.32 Å². The Balaban J connectivity index is 1.61. The zero-order valence-electron chi connectivity index (χ0n) is 8.53. The average Bonchev–Trinajstić information content (AvgIpc) is 2.61. The van der Waals surface area contributed by atoms with E-state index in [0.29, 0.717) is 12.1 Å². The van der Waals surface area contributed by atoms with Crippen LogP contribution < -0.4 is 5.32 Å². The maximum absolute atomic E-state index is 5.77. The van der Waals surface area contributed by atoms with Crippen LogP contribution in [0.15, 0.2) is 17.5 Å². The first kappa shape index (κ1) is 10.1. The molecule has 0 unspecified atom stereocenters. The summed E-state index contributed by atoms with van der Waals surface area (Å²) in [5, 5.41) is 5.53. The first-order valence-electron chi connectivity index (χ1n) is 5.26. The molecule has 0 aliphatic heterocycles. The Labute approximate surface area is 89.3 Å². The third-order valence-electron chi connectivity index (χ3n) is 2.63. The van der Waals surface area contributed by atoms with Gasteiger partial charge in [0, 0.05) is 10.9 Å². The van der Waals surface area contributed by atoms with Crippen molar-refractivity contribution >= 4 is 11.3 Å². The lowest BCUT2D eigenvalue weighted by Crippen LogP contribution is -2.45. The zero-order valence-corrected chi connectivity index (χ0v) is 9.35. The van der Waals surface area contributed by atoms with Crippen LogP contribution in [0.5, 0.6) is 0 Å². The molecule has 78 valence electrons. The van der Waals surface area contributed by atoms with Gasteiger partial charge in [0.05, 0.1) is 12.7 Å². The van der Waals surface area contributed by atoms with Crippen LogP contribution in [0.4, 0.5) is 0 Å². The first-order valence-corrected chi connectivity index (χ1v) is 6.14. The topological polar surface area (TPSA) is 21.3 Å². The molecule has 0 aromatic carbocycles. The largest absolute Gasteiger partial charge is 0.373 e. The molecule has 3 heteroatoms. The molecule has 2 rings (SSSR count). The second-order valence-corrected chi connectivity index (χ2v) is 4.77. The maximum Gasteiger partial charge on any atom is 0.0813 e. The van der Waals surface area contributed by atoms with Gasteiger partial charge in [-0.05, 0) is 30.8 Å². The molecule has 2 nitrogen and oxygen atoms in total. The van der Waals surface area contributed by atoms with Gasteiger partial charge in [0.1, 0.15) is 0 Å². The second kappa shape index (κ2) is 4.91. The summed E-state index contributed by atoms with van der Waals surface area (Å²) in [7, 11) is 0. The van der Waals surface area contributed by atoms with Gasteiger partial charge < -0.3 is 10.1 Å². The lowest BCUT2D eigenvalue weighted by Gasteiger charge is -2.35. The summed E-state index contributed by atoms with van der Waals surface area (Å²) in [4.78, 5) is 1.33. The highest BCUT2D eigenvalue weighted by Crippen LogP contribution is 2.24. The summed E-state index contributed by atoms with van der Waals surface area (Å²) in [5.41, 5.74) is 0. The van der Waals surface area contributed by atoms with E-state index >= 15 is 0 Å². The van der Waals surface area contributed by atoms with E-state index in [1.165, 1.54) is 17.7 Å². The van der Waals surface area contributed by atoms with Crippen LogP contribution in [-0.4, -0.2) is 18.7 Å². The van der Waals surface area contributed by atoms with E-state index in [9.17, 15) is 0 Å². The van der Waals surface area contributed by atoms with Crippen molar-refractivity contribution in [1.29, 1.82) is 0 Å². The van der Waals surface area contributed by atoms with Crippen LogP contribution in [0, 0.1) is 0 Å². The first-order chi connectivity index (χ1) is 6.88. The third-order valence-corrected chi connectivity index (χ3v) is 3.48. The van der Waals surface area contributed by atoms with Crippen LogP contribution in [0.2, 0.25) is 0 Å². The lowest BCUT2D eigenvalue weighted by molar-refractivity contribution is -0.0250. The summed E-state index contributed by atoms with van der Waals surface area (Å²) < 4.78 is 5.77. The fourth-order valence-electron chi connectivity index (χ4n) is 1.75. The number of rotatable bonds is 5. The van der Waals surface area contributed by atoms with E-state index in [0.717, 1.165) is 13.2 Å². The van der Waals surface area contributed by atoms with E-state index < -0.39 is 0 Å². The van der Waals surface area contributed by atoms with E-state index in [4.69, 9.17) is 4.74 Å². The van der Waals surface area contributed by atoms with Crippen molar-refractivity contribution < 1.29 is 4.74 Å². The normalized spacial score (nSPS) is 26.1. The van der Waals surface area contributed by atoms with Gasteiger partial charge in [0.2, 0.25) is 0 Å². The highest BCUT2D eigenvalue weighted by atomic mass is 32.1. The van der Waals surface area contributed by atoms with E-state index in [2.05, 4.69) is 29.8 Å². The Bertz CT molecular complexity index is 254. The highest BCUT2D eigenvalue weighted by molar-refractivity contribution is 7.09. The van der Waals surface area contributed by atoms with E-state index in [1.807, 2.05) is 0 Å². The number of thiophene rings is 1. The minimum atomic E-state index is 0.487. The van der Waals surface area contributed by atoms with Gasteiger partial charge in [-0.3, -0.25) is 0 Å². The molecule has 1 aliphatic rings. The van der Waals surface area contributed by atoms with Gasteiger partial charge >= 0.3 is 0 Å². The SMILES string of the molecule is CCNC1CC(OCc2cccs2)C1. The van der Waals surface area contributed by atoms with Gasteiger partial charge in [-0.25, -0.2) is 0 Å². The van der Waals surface area contributed by atoms with Crippen molar-refractivity contribution in [2.75, 3.05) is 6.54 Å². The quantitative estimate of drug-likeness (QED) is 0.807. The molecule has 1 heterocycles. The summed E-state index contributed by atoms with van der Waals surface area (Å²) in [6.07, 6.45) is 2.85. The van der Waals surface area contributed by atoms with Gasteiger partial charge in [0.25, 0.3) is 0 Å². The molecule has 1 aliphatic carbocycles. The van der Waals surface area contributed by atoms with Gasteiger partial charge in [0.15, 0.2) is 0 Å². The zero-order chi connectivity index (χ0) is 9.80. The predicted molar refractivity (Wildman–Crippen MR) is 59.6 cm³/mol. The minimum Gasteiger partial charge on any atom is -0.373 e. The molecule has 1 aromatic heterocycles. The molecular formula is C11H17NOS. The van der Waals surface area contributed by atoms with Crippen molar-refractivity contribution in [3.05, 3.63) is 22.4 Å². The summed E-state index contributed by atoms with van der Waals surface area (Å²) in [6, 6.07) is 4.91. The van der Waals surface area contributed by atoms with Crippen molar-refractivity contribution in [2.24, 2.45) is 0 Å². The molecule has 0 saturated heterocycles. The Morgan fingerprint density at radius 1 is 1.57 bits per heavy atom. The molecule has 1 aromatic rings. The highest BCUT2D eigenvalue weighted by Gasteiger charge is 2.28. The lowest BCUT2D eigenvalue weighted by atomic mass is 9.89. The Morgan fingerprint density at radius 3 is 3.07 bits per heavy atom. The summed E-state index contributed by atoms with van der Waals surface area (Å²) >= 11 is 1.77. The Morgan fingerprint density at radius 2 is 2.43 bits per heavy atom. The predicted octanol–water partition coefficient (Wildman–Crippen LogP) is 2.41.